The van der Waals surface area contributed by atoms with Gasteiger partial charge in [0.1, 0.15) is 18.2 Å². The number of benzene rings is 2. The average molecular weight is 315 g/mol. The van der Waals surface area contributed by atoms with Crippen molar-refractivity contribution in [1.29, 1.82) is 0 Å². The van der Waals surface area contributed by atoms with Crippen molar-refractivity contribution in [2.45, 2.75) is 6.61 Å². The second kappa shape index (κ2) is 7.90. The Morgan fingerprint density at radius 1 is 0.957 bits per heavy atom. The predicted molar refractivity (Wildman–Crippen MR) is 88.6 cm³/mol. The number of rotatable bonds is 6. The first kappa shape index (κ1) is 16.4. The van der Waals surface area contributed by atoms with Crippen LogP contribution in [0.2, 0.25) is 0 Å². The van der Waals surface area contributed by atoms with Crippen molar-refractivity contribution in [1.82, 2.24) is 0 Å². The number of halogens is 1. The Bertz CT molecular complexity index is 691. The molecule has 0 spiro atoms. The first-order valence-electron chi connectivity index (χ1n) is 6.91. The van der Waals surface area contributed by atoms with Crippen LogP contribution in [0.3, 0.4) is 0 Å². The van der Waals surface area contributed by atoms with Crippen molar-refractivity contribution in [3.63, 3.8) is 0 Å². The molecule has 0 atom stereocenters. The number of ether oxygens (including phenoxy) is 1. The molecule has 2 aromatic rings. The molecule has 0 amide bonds. The van der Waals surface area contributed by atoms with Gasteiger partial charge in [0.15, 0.2) is 0 Å². The van der Waals surface area contributed by atoms with E-state index in [-0.39, 0.29) is 18.3 Å². The number of guanidine groups is 1. The van der Waals surface area contributed by atoms with Gasteiger partial charge in [-0.05, 0) is 47.5 Å². The predicted octanol–water partition coefficient (Wildman–Crippen LogP) is 1.34. The second-order valence-electron chi connectivity index (χ2n) is 4.72. The molecular formula is C16H18FN5O. The van der Waals surface area contributed by atoms with E-state index in [0.717, 1.165) is 11.1 Å². The monoisotopic (exact) mass is 315 g/mol. The molecule has 6 N–H and O–H groups in total. The van der Waals surface area contributed by atoms with Gasteiger partial charge in [-0.2, -0.15) is 5.10 Å². The van der Waals surface area contributed by atoms with Gasteiger partial charge in [-0.25, -0.2) is 4.39 Å². The molecule has 0 aliphatic carbocycles. The van der Waals surface area contributed by atoms with Gasteiger partial charge in [-0.3, -0.25) is 0 Å². The zero-order valence-electron chi connectivity index (χ0n) is 12.4. The van der Waals surface area contributed by atoms with Crippen LogP contribution in [-0.2, 0) is 6.61 Å². The van der Waals surface area contributed by atoms with Crippen LogP contribution >= 0.6 is 0 Å². The highest BCUT2D eigenvalue weighted by Gasteiger charge is 2.03. The van der Waals surface area contributed by atoms with Crippen molar-refractivity contribution < 1.29 is 9.13 Å². The van der Waals surface area contributed by atoms with Crippen LogP contribution in [-0.4, -0.2) is 18.2 Å². The molecule has 7 heteroatoms. The molecule has 0 radical (unpaired) electrons. The lowest BCUT2D eigenvalue weighted by Crippen LogP contribution is -2.23. The van der Waals surface area contributed by atoms with Crippen LogP contribution in [0.1, 0.15) is 11.1 Å². The van der Waals surface area contributed by atoms with Crippen LogP contribution in [0.25, 0.3) is 0 Å². The van der Waals surface area contributed by atoms with E-state index < -0.39 is 0 Å². The Morgan fingerprint density at radius 2 is 1.61 bits per heavy atom. The fourth-order valence-electron chi connectivity index (χ4n) is 1.83. The van der Waals surface area contributed by atoms with Crippen molar-refractivity contribution >= 4 is 11.7 Å². The summed E-state index contributed by atoms with van der Waals surface area (Å²) in [6, 6.07) is 13.4. The number of nitrogens with zero attached hydrogens (tertiary/aromatic N) is 2. The maximum absolute atomic E-state index is 12.8. The fraction of sp³-hybridized carbons (Fsp3) is 0.125. The summed E-state index contributed by atoms with van der Waals surface area (Å²) >= 11 is 0. The van der Waals surface area contributed by atoms with E-state index in [1.165, 1.54) is 12.1 Å². The number of hydrogen-bond donors (Lipinski definition) is 3. The van der Waals surface area contributed by atoms with Crippen molar-refractivity contribution in [3.8, 4) is 5.75 Å². The molecule has 0 bridgehead atoms. The zero-order valence-corrected chi connectivity index (χ0v) is 12.4. The van der Waals surface area contributed by atoms with Crippen LogP contribution in [0.15, 0.2) is 58.7 Å². The summed E-state index contributed by atoms with van der Waals surface area (Å²) in [5.74, 6) is 0.277. The molecule has 6 nitrogen and oxygen atoms in total. The van der Waals surface area contributed by atoms with E-state index in [9.17, 15) is 4.39 Å². The van der Waals surface area contributed by atoms with Gasteiger partial charge in [0.05, 0.1) is 5.71 Å². The smallest absolute Gasteiger partial charge is 0.211 e. The Labute approximate surface area is 133 Å². The summed E-state index contributed by atoms with van der Waals surface area (Å²) in [6.45, 7) is 0.554. The minimum Gasteiger partial charge on any atom is -0.489 e. The molecule has 120 valence electrons. The van der Waals surface area contributed by atoms with Gasteiger partial charge < -0.3 is 21.9 Å². The largest absolute Gasteiger partial charge is 0.489 e. The van der Waals surface area contributed by atoms with Gasteiger partial charge >= 0.3 is 0 Å². The maximum Gasteiger partial charge on any atom is 0.211 e. The highest BCUT2D eigenvalue weighted by molar-refractivity contribution is 6.02. The lowest BCUT2D eigenvalue weighted by Gasteiger charge is -2.08. The third kappa shape index (κ3) is 5.08. The van der Waals surface area contributed by atoms with E-state index in [1.54, 1.807) is 24.3 Å². The fourth-order valence-corrected chi connectivity index (χ4v) is 1.83. The molecule has 0 unspecified atom stereocenters. The molecule has 0 fully saturated rings. The van der Waals surface area contributed by atoms with E-state index >= 15 is 0 Å². The highest BCUT2D eigenvalue weighted by Crippen LogP contribution is 2.15. The SMILES string of the molecule is NC/C(=N\N=C(N)N)c1ccc(OCc2ccc(F)cc2)cc1. The highest BCUT2D eigenvalue weighted by atomic mass is 19.1. The Morgan fingerprint density at radius 3 is 2.17 bits per heavy atom. The molecule has 0 heterocycles. The lowest BCUT2D eigenvalue weighted by atomic mass is 10.1. The van der Waals surface area contributed by atoms with Crippen molar-refractivity contribution in [3.05, 3.63) is 65.5 Å². The quantitative estimate of drug-likeness (QED) is 0.424. The van der Waals surface area contributed by atoms with Crippen LogP contribution in [0, 0.1) is 5.82 Å². The van der Waals surface area contributed by atoms with Gasteiger partial charge in [-0.1, -0.05) is 12.1 Å². The summed E-state index contributed by atoms with van der Waals surface area (Å²) in [6.07, 6.45) is 0. The van der Waals surface area contributed by atoms with Crippen LogP contribution in [0.5, 0.6) is 5.75 Å². The molecule has 0 aliphatic heterocycles. The minimum absolute atomic E-state index is 0.129. The van der Waals surface area contributed by atoms with Gasteiger partial charge in [0.25, 0.3) is 0 Å². The van der Waals surface area contributed by atoms with E-state index in [4.69, 9.17) is 21.9 Å². The summed E-state index contributed by atoms with van der Waals surface area (Å²) in [7, 11) is 0. The summed E-state index contributed by atoms with van der Waals surface area (Å²) in [4.78, 5) is 0. The average Bonchev–Trinajstić information content (AvgIpc) is 2.56. The molecule has 2 aromatic carbocycles. The Balaban J connectivity index is 2.02. The van der Waals surface area contributed by atoms with Crippen LogP contribution in [0.4, 0.5) is 4.39 Å². The van der Waals surface area contributed by atoms with Crippen LogP contribution < -0.4 is 21.9 Å². The maximum atomic E-state index is 12.8. The minimum atomic E-state index is -0.271. The van der Waals surface area contributed by atoms with Gasteiger partial charge in [0.2, 0.25) is 5.96 Å². The van der Waals surface area contributed by atoms with E-state index in [0.29, 0.717) is 18.1 Å². The molecule has 23 heavy (non-hydrogen) atoms. The summed E-state index contributed by atoms with van der Waals surface area (Å²) < 4.78 is 18.5. The molecule has 0 aromatic heterocycles. The summed E-state index contributed by atoms with van der Waals surface area (Å²) in [5, 5.41) is 7.49. The normalized spacial score (nSPS) is 11.1. The topological polar surface area (TPSA) is 112 Å². The third-order valence-corrected chi connectivity index (χ3v) is 2.99. The van der Waals surface area contributed by atoms with E-state index in [2.05, 4.69) is 10.2 Å². The second-order valence-corrected chi connectivity index (χ2v) is 4.72. The Kier molecular flexibility index (Phi) is 5.65. The molecule has 0 saturated carbocycles. The molecule has 0 aliphatic rings. The van der Waals surface area contributed by atoms with Crippen molar-refractivity contribution in [2.24, 2.45) is 27.4 Å². The number of nitrogens with two attached hydrogens (primary N) is 3. The standard InChI is InChI=1S/C16H18FN5O/c17-13-5-1-11(2-6-13)10-23-14-7-3-12(4-8-14)15(9-18)21-22-16(19)20/h1-8H,9-10,18H2,(H4,19,20,22)/b21-15+. The first-order valence-corrected chi connectivity index (χ1v) is 6.91. The van der Waals surface area contributed by atoms with Gasteiger partial charge in [0, 0.05) is 6.54 Å². The van der Waals surface area contributed by atoms with Crippen molar-refractivity contribution in [2.75, 3.05) is 6.54 Å². The zero-order chi connectivity index (χ0) is 16.7. The Hall–Kier alpha value is -2.93. The van der Waals surface area contributed by atoms with Gasteiger partial charge in [-0.15, -0.1) is 5.10 Å². The molecule has 2 rings (SSSR count). The van der Waals surface area contributed by atoms with E-state index in [1.807, 2.05) is 12.1 Å². The lowest BCUT2D eigenvalue weighted by molar-refractivity contribution is 0.306. The number of hydrogen-bond acceptors (Lipinski definition) is 4. The molecular weight excluding hydrogens is 297 g/mol. The molecule has 0 saturated heterocycles. The first-order chi connectivity index (χ1) is 11.1. The third-order valence-electron chi connectivity index (χ3n) is 2.99. The summed E-state index contributed by atoms with van der Waals surface area (Å²) in [5.41, 5.74) is 18.3.